The third-order valence-electron chi connectivity index (χ3n) is 5.21. The molecule has 31 heavy (non-hydrogen) atoms. The number of hydrogen-bond acceptors (Lipinski definition) is 4. The van der Waals surface area contributed by atoms with Crippen LogP contribution < -0.4 is 5.32 Å². The minimum absolute atomic E-state index is 0.0449. The molecule has 0 aliphatic heterocycles. The van der Waals surface area contributed by atoms with Crippen LogP contribution in [0.2, 0.25) is 0 Å². The highest BCUT2D eigenvalue weighted by molar-refractivity contribution is 6.10. The maximum Gasteiger partial charge on any atom is 0.239 e. The summed E-state index contributed by atoms with van der Waals surface area (Å²) in [6, 6.07) is 22.1. The van der Waals surface area contributed by atoms with Gasteiger partial charge in [-0.1, -0.05) is 54.6 Å². The van der Waals surface area contributed by atoms with E-state index in [9.17, 15) is 9.59 Å². The number of likely N-dealkylation sites (N-methyl/N-ethyl adjacent to an activating group) is 1. The van der Waals surface area contributed by atoms with E-state index in [0.29, 0.717) is 11.4 Å². The summed E-state index contributed by atoms with van der Waals surface area (Å²) in [4.78, 5) is 35.6. The van der Waals surface area contributed by atoms with E-state index in [1.165, 1.54) is 0 Å². The van der Waals surface area contributed by atoms with E-state index < -0.39 is 6.04 Å². The first-order chi connectivity index (χ1) is 15.0. The zero-order valence-corrected chi connectivity index (χ0v) is 17.5. The zero-order valence-electron chi connectivity index (χ0n) is 17.5. The molecular formula is C25H24N4O2. The zero-order chi connectivity index (χ0) is 21.8. The first kappa shape index (κ1) is 20.5. The summed E-state index contributed by atoms with van der Waals surface area (Å²) in [6.45, 7) is 1.91. The summed E-state index contributed by atoms with van der Waals surface area (Å²) in [5.41, 5.74) is 3.17. The average molecular weight is 412 g/mol. The van der Waals surface area contributed by atoms with Gasteiger partial charge in [0.15, 0.2) is 5.78 Å². The van der Waals surface area contributed by atoms with Crippen molar-refractivity contribution >= 4 is 28.4 Å². The molecule has 0 spiro atoms. The fourth-order valence-corrected chi connectivity index (χ4v) is 3.78. The standard InChI is InChI=1S/C25H24N4O2/c1-17-9-8-14-22(27-17)28-23(30)16-29(2)24(18-10-4-3-5-11-18)25(31)20-15-26-21-13-7-6-12-19(20)21/h3-15,24,26H,16H2,1-2H3,(H,27,28,30). The molecule has 0 saturated carbocycles. The number of aryl methyl sites for hydroxylation is 1. The highest BCUT2D eigenvalue weighted by Gasteiger charge is 2.29. The van der Waals surface area contributed by atoms with Crippen LogP contribution in [0.5, 0.6) is 0 Å². The van der Waals surface area contributed by atoms with Crippen LogP contribution in [-0.4, -0.2) is 40.2 Å². The molecule has 2 aromatic carbocycles. The number of aromatic nitrogens is 2. The molecule has 0 fully saturated rings. The number of carbonyl (C=O) groups excluding carboxylic acids is 2. The van der Waals surface area contributed by atoms with Gasteiger partial charge in [-0.05, 0) is 37.7 Å². The molecule has 156 valence electrons. The normalized spacial score (nSPS) is 12.1. The maximum atomic E-state index is 13.6. The van der Waals surface area contributed by atoms with Crippen molar-refractivity contribution in [3.63, 3.8) is 0 Å². The molecule has 0 bridgehead atoms. The summed E-state index contributed by atoms with van der Waals surface area (Å²) in [7, 11) is 1.79. The van der Waals surface area contributed by atoms with Gasteiger partial charge in [0.25, 0.3) is 0 Å². The van der Waals surface area contributed by atoms with E-state index in [1.807, 2.05) is 73.7 Å². The van der Waals surface area contributed by atoms with Gasteiger partial charge in [-0.15, -0.1) is 0 Å². The number of para-hydroxylation sites is 1. The number of nitrogens with one attached hydrogen (secondary N) is 2. The number of rotatable bonds is 7. The Kier molecular flexibility index (Phi) is 5.91. The third-order valence-corrected chi connectivity index (χ3v) is 5.21. The molecule has 0 aliphatic rings. The molecule has 4 aromatic rings. The number of aromatic amines is 1. The lowest BCUT2D eigenvalue weighted by atomic mass is 9.96. The van der Waals surface area contributed by atoms with Gasteiger partial charge >= 0.3 is 0 Å². The Hall–Kier alpha value is -3.77. The van der Waals surface area contributed by atoms with Crippen LogP contribution in [0.1, 0.15) is 27.7 Å². The summed E-state index contributed by atoms with van der Waals surface area (Å²) < 4.78 is 0. The maximum absolute atomic E-state index is 13.6. The van der Waals surface area contributed by atoms with E-state index in [2.05, 4.69) is 15.3 Å². The number of H-pyrrole nitrogens is 1. The predicted octanol–water partition coefficient (Wildman–Crippen LogP) is 4.37. The quantitative estimate of drug-likeness (QED) is 0.442. The number of hydrogen-bond donors (Lipinski definition) is 2. The number of amides is 1. The number of nitrogens with zero attached hydrogens (tertiary/aromatic N) is 2. The molecule has 2 N–H and O–H groups in total. The van der Waals surface area contributed by atoms with Gasteiger partial charge in [0.2, 0.25) is 5.91 Å². The second-order valence-electron chi connectivity index (χ2n) is 7.55. The van der Waals surface area contributed by atoms with Crippen molar-refractivity contribution in [2.75, 3.05) is 18.9 Å². The summed E-state index contributed by atoms with van der Waals surface area (Å²) in [5.74, 6) is 0.207. The lowest BCUT2D eigenvalue weighted by Crippen LogP contribution is -2.37. The molecule has 2 aromatic heterocycles. The smallest absolute Gasteiger partial charge is 0.239 e. The first-order valence-electron chi connectivity index (χ1n) is 10.1. The molecule has 2 heterocycles. The Bertz CT molecular complexity index is 1220. The SMILES string of the molecule is Cc1cccc(NC(=O)CN(C)C(C(=O)c2c[nH]c3ccccc23)c2ccccc2)n1. The summed E-state index contributed by atoms with van der Waals surface area (Å²) >= 11 is 0. The van der Waals surface area contributed by atoms with Crippen molar-refractivity contribution in [1.82, 2.24) is 14.9 Å². The van der Waals surface area contributed by atoms with Crippen molar-refractivity contribution in [2.24, 2.45) is 0 Å². The Morgan fingerprint density at radius 2 is 1.74 bits per heavy atom. The molecule has 6 heteroatoms. The van der Waals surface area contributed by atoms with Gasteiger partial charge in [0, 0.05) is 28.4 Å². The Morgan fingerprint density at radius 1 is 1.00 bits per heavy atom. The molecule has 1 amide bonds. The van der Waals surface area contributed by atoms with E-state index in [1.54, 1.807) is 24.2 Å². The van der Waals surface area contributed by atoms with Crippen LogP contribution in [0.25, 0.3) is 10.9 Å². The summed E-state index contributed by atoms with van der Waals surface area (Å²) in [6.07, 6.45) is 1.74. The minimum atomic E-state index is -0.600. The minimum Gasteiger partial charge on any atom is -0.360 e. The van der Waals surface area contributed by atoms with Crippen LogP contribution in [0, 0.1) is 6.92 Å². The van der Waals surface area contributed by atoms with Crippen LogP contribution in [0.3, 0.4) is 0 Å². The van der Waals surface area contributed by atoms with Crippen molar-refractivity contribution in [2.45, 2.75) is 13.0 Å². The summed E-state index contributed by atoms with van der Waals surface area (Å²) in [5, 5.41) is 3.68. The van der Waals surface area contributed by atoms with E-state index in [0.717, 1.165) is 22.2 Å². The van der Waals surface area contributed by atoms with Gasteiger partial charge < -0.3 is 10.3 Å². The largest absolute Gasteiger partial charge is 0.360 e. The molecule has 1 unspecified atom stereocenters. The number of anilines is 1. The molecule has 0 aliphatic carbocycles. The monoisotopic (exact) mass is 412 g/mol. The first-order valence-corrected chi connectivity index (χ1v) is 10.1. The van der Waals surface area contributed by atoms with E-state index in [-0.39, 0.29) is 18.2 Å². The number of fused-ring (bicyclic) bond motifs is 1. The van der Waals surface area contributed by atoms with E-state index in [4.69, 9.17) is 0 Å². The average Bonchev–Trinajstić information content (AvgIpc) is 3.19. The number of pyridine rings is 1. The second kappa shape index (κ2) is 8.93. The fourth-order valence-electron chi connectivity index (χ4n) is 3.78. The fraction of sp³-hybridized carbons (Fsp3) is 0.160. The van der Waals surface area contributed by atoms with Crippen LogP contribution in [0.15, 0.2) is 79.0 Å². The van der Waals surface area contributed by atoms with Crippen molar-refractivity contribution < 1.29 is 9.59 Å². The third kappa shape index (κ3) is 4.54. The lowest BCUT2D eigenvalue weighted by molar-refractivity contribution is -0.117. The van der Waals surface area contributed by atoms with E-state index >= 15 is 0 Å². The van der Waals surface area contributed by atoms with Gasteiger partial charge in [0.1, 0.15) is 5.82 Å². The van der Waals surface area contributed by atoms with Gasteiger partial charge in [-0.3, -0.25) is 14.5 Å². The highest BCUT2D eigenvalue weighted by Crippen LogP contribution is 2.28. The molecular weight excluding hydrogens is 388 g/mol. The van der Waals surface area contributed by atoms with Crippen LogP contribution in [-0.2, 0) is 4.79 Å². The number of ketones is 1. The lowest BCUT2D eigenvalue weighted by Gasteiger charge is -2.26. The molecule has 0 saturated heterocycles. The van der Waals surface area contributed by atoms with Gasteiger partial charge in [-0.2, -0.15) is 0 Å². The number of Topliss-reactive ketones (excluding diaryl/α,β-unsaturated/α-hetero) is 1. The Labute approximate surface area is 180 Å². The molecule has 6 nitrogen and oxygen atoms in total. The second-order valence-corrected chi connectivity index (χ2v) is 7.55. The number of benzene rings is 2. The number of carbonyl (C=O) groups is 2. The Balaban J connectivity index is 1.60. The highest BCUT2D eigenvalue weighted by atomic mass is 16.2. The predicted molar refractivity (Wildman–Crippen MR) is 122 cm³/mol. The van der Waals surface area contributed by atoms with Crippen molar-refractivity contribution in [1.29, 1.82) is 0 Å². The van der Waals surface area contributed by atoms with Crippen molar-refractivity contribution in [3.8, 4) is 0 Å². The van der Waals surface area contributed by atoms with Gasteiger partial charge in [0.05, 0.1) is 12.6 Å². The molecule has 1 atom stereocenters. The van der Waals surface area contributed by atoms with Crippen LogP contribution in [0.4, 0.5) is 5.82 Å². The van der Waals surface area contributed by atoms with Crippen LogP contribution >= 0.6 is 0 Å². The topological polar surface area (TPSA) is 78.1 Å². The molecule has 0 radical (unpaired) electrons. The van der Waals surface area contributed by atoms with Crippen molar-refractivity contribution in [3.05, 3.63) is 95.8 Å². The van der Waals surface area contributed by atoms with Gasteiger partial charge in [-0.25, -0.2) is 4.98 Å². The molecule has 4 rings (SSSR count). The Morgan fingerprint density at radius 3 is 2.52 bits per heavy atom.